The third-order valence-corrected chi connectivity index (χ3v) is 3.39. The predicted molar refractivity (Wildman–Crippen MR) is 70.0 cm³/mol. The van der Waals surface area contributed by atoms with E-state index in [2.05, 4.69) is 13.0 Å². The first kappa shape index (κ1) is 14.8. The predicted octanol–water partition coefficient (Wildman–Crippen LogP) is 3.47. The van der Waals surface area contributed by atoms with Gasteiger partial charge in [-0.25, -0.2) is 4.79 Å². The highest BCUT2D eigenvalue weighted by Crippen LogP contribution is 2.33. The molecule has 1 atom stereocenters. The molecule has 1 saturated heterocycles. The second kappa shape index (κ2) is 5.60. The third-order valence-electron chi connectivity index (χ3n) is 3.39. The summed E-state index contributed by atoms with van der Waals surface area (Å²) in [5.41, 5.74) is -0.693. The van der Waals surface area contributed by atoms with Crippen LogP contribution in [0.25, 0.3) is 0 Å². The highest BCUT2D eigenvalue weighted by atomic mass is 16.6. The second-order valence-electron chi connectivity index (χ2n) is 6.24. The van der Waals surface area contributed by atoms with Crippen LogP contribution in [0.2, 0.25) is 0 Å². The monoisotopic (exact) mass is 252 g/mol. The Morgan fingerprint density at radius 1 is 1.44 bits per heavy atom. The smallest absolute Gasteiger partial charge is 0.410 e. The van der Waals surface area contributed by atoms with E-state index in [0.717, 1.165) is 32.2 Å². The molecular weight excluding hydrogens is 228 g/mol. The lowest BCUT2D eigenvalue weighted by molar-refractivity contribution is -0.0129. The molecule has 0 aliphatic carbocycles. The highest BCUT2D eigenvalue weighted by molar-refractivity contribution is 5.69. The van der Waals surface area contributed by atoms with Gasteiger partial charge in [0.1, 0.15) is 5.60 Å². The molecule has 1 heterocycles. The molecule has 18 heavy (non-hydrogen) atoms. The number of nitriles is 1. The Balaban J connectivity index is 2.76. The zero-order chi connectivity index (χ0) is 13.8. The molecule has 1 aliphatic rings. The Kier molecular flexibility index (Phi) is 4.61. The molecule has 4 heteroatoms. The summed E-state index contributed by atoms with van der Waals surface area (Å²) in [6, 6.07) is 2.17. The van der Waals surface area contributed by atoms with Crippen molar-refractivity contribution in [3.8, 4) is 6.07 Å². The first-order valence-corrected chi connectivity index (χ1v) is 6.66. The number of likely N-dealkylation sites (tertiary alicyclic amines) is 1. The van der Waals surface area contributed by atoms with Gasteiger partial charge in [0.05, 0.1) is 6.07 Å². The Morgan fingerprint density at radius 3 is 2.67 bits per heavy atom. The van der Waals surface area contributed by atoms with Crippen molar-refractivity contribution in [1.29, 1.82) is 5.26 Å². The van der Waals surface area contributed by atoms with Crippen LogP contribution < -0.4 is 0 Å². The summed E-state index contributed by atoms with van der Waals surface area (Å²) in [5, 5.41) is 8.74. The van der Waals surface area contributed by atoms with Gasteiger partial charge < -0.3 is 9.64 Å². The van der Waals surface area contributed by atoms with Gasteiger partial charge in [0, 0.05) is 18.5 Å². The average Bonchev–Trinajstić information content (AvgIpc) is 2.24. The molecule has 1 amide bonds. The van der Waals surface area contributed by atoms with Crippen LogP contribution in [0.5, 0.6) is 0 Å². The Bertz CT molecular complexity index is 341. The number of carbonyl (C=O) groups is 1. The fourth-order valence-electron chi connectivity index (χ4n) is 2.39. The van der Waals surface area contributed by atoms with Crippen molar-refractivity contribution in [2.75, 3.05) is 6.54 Å². The normalized spacial score (nSPS) is 24.5. The van der Waals surface area contributed by atoms with Gasteiger partial charge in [-0.1, -0.05) is 0 Å². The number of hydrogen-bond acceptors (Lipinski definition) is 3. The molecule has 0 aromatic carbocycles. The number of nitrogens with zero attached hydrogens (tertiary/aromatic N) is 2. The van der Waals surface area contributed by atoms with Gasteiger partial charge in [-0.05, 0) is 53.4 Å². The molecule has 0 bridgehead atoms. The van der Waals surface area contributed by atoms with Crippen LogP contribution >= 0.6 is 0 Å². The lowest BCUT2D eigenvalue weighted by Gasteiger charge is -2.44. The second-order valence-corrected chi connectivity index (χ2v) is 6.24. The van der Waals surface area contributed by atoms with E-state index in [0.29, 0.717) is 6.42 Å². The van der Waals surface area contributed by atoms with Crippen molar-refractivity contribution in [2.45, 2.75) is 70.9 Å². The summed E-state index contributed by atoms with van der Waals surface area (Å²) in [6.07, 6.45) is 4.04. The fourth-order valence-corrected chi connectivity index (χ4v) is 2.39. The minimum atomic E-state index is -0.468. The molecule has 0 radical (unpaired) electrons. The maximum absolute atomic E-state index is 12.2. The van der Waals surface area contributed by atoms with Crippen LogP contribution in [0, 0.1) is 11.3 Å². The van der Waals surface area contributed by atoms with E-state index >= 15 is 0 Å². The number of amides is 1. The quantitative estimate of drug-likeness (QED) is 0.756. The third kappa shape index (κ3) is 3.90. The number of ether oxygens (including phenoxy) is 1. The molecule has 1 rings (SSSR count). The van der Waals surface area contributed by atoms with E-state index in [1.54, 1.807) is 0 Å². The molecule has 1 unspecified atom stereocenters. The summed E-state index contributed by atoms with van der Waals surface area (Å²) < 4.78 is 5.46. The maximum Gasteiger partial charge on any atom is 0.410 e. The zero-order valence-electron chi connectivity index (χ0n) is 12.0. The molecule has 102 valence electrons. The van der Waals surface area contributed by atoms with Crippen LogP contribution in [-0.4, -0.2) is 28.7 Å². The summed E-state index contributed by atoms with van der Waals surface area (Å²) in [5.74, 6) is 0. The van der Waals surface area contributed by atoms with Gasteiger partial charge in [-0.2, -0.15) is 5.26 Å². The van der Waals surface area contributed by atoms with Gasteiger partial charge in [0.25, 0.3) is 0 Å². The van der Waals surface area contributed by atoms with Crippen LogP contribution in [-0.2, 0) is 4.74 Å². The number of rotatable bonds is 2. The van der Waals surface area contributed by atoms with E-state index in [1.807, 2.05) is 25.7 Å². The van der Waals surface area contributed by atoms with E-state index < -0.39 is 5.60 Å². The minimum Gasteiger partial charge on any atom is -0.444 e. The summed E-state index contributed by atoms with van der Waals surface area (Å²) >= 11 is 0. The average molecular weight is 252 g/mol. The maximum atomic E-state index is 12.2. The lowest BCUT2D eigenvalue weighted by Crippen LogP contribution is -2.53. The lowest BCUT2D eigenvalue weighted by atomic mass is 9.85. The Morgan fingerprint density at radius 2 is 2.11 bits per heavy atom. The first-order valence-electron chi connectivity index (χ1n) is 6.66. The number of piperidine rings is 1. The zero-order valence-corrected chi connectivity index (χ0v) is 12.0. The van der Waals surface area contributed by atoms with Crippen molar-refractivity contribution in [3.63, 3.8) is 0 Å². The van der Waals surface area contributed by atoms with Gasteiger partial charge in [0.2, 0.25) is 0 Å². The molecule has 0 spiro atoms. The molecule has 0 aromatic rings. The van der Waals surface area contributed by atoms with Crippen molar-refractivity contribution in [1.82, 2.24) is 4.90 Å². The van der Waals surface area contributed by atoms with Crippen molar-refractivity contribution < 1.29 is 9.53 Å². The van der Waals surface area contributed by atoms with E-state index in [-0.39, 0.29) is 11.6 Å². The van der Waals surface area contributed by atoms with E-state index in [1.165, 1.54) is 0 Å². The SMILES string of the molecule is CC(C)(C)OC(=O)N1CCCCC1(C)CCC#N. The Labute approximate surface area is 110 Å². The van der Waals surface area contributed by atoms with Crippen molar-refractivity contribution >= 4 is 6.09 Å². The number of hydrogen-bond donors (Lipinski definition) is 0. The Hall–Kier alpha value is -1.24. The van der Waals surface area contributed by atoms with Crippen LogP contribution in [0.15, 0.2) is 0 Å². The van der Waals surface area contributed by atoms with Crippen molar-refractivity contribution in [2.24, 2.45) is 0 Å². The van der Waals surface area contributed by atoms with Crippen molar-refractivity contribution in [3.05, 3.63) is 0 Å². The molecule has 0 aromatic heterocycles. The number of carbonyl (C=O) groups excluding carboxylic acids is 1. The van der Waals surface area contributed by atoms with E-state index in [4.69, 9.17) is 10.00 Å². The van der Waals surface area contributed by atoms with Crippen LogP contribution in [0.1, 0.15) is 59.8 Å². The topological polar surface area (TPSA) is 53.3 Å². The van der Waals surface area contributed by atoms with Gasteiger partial charge in [0.15, 0.2) is 0 Å². The standard InChI is InChI=1S/C14H24N2O2/c1-13(2,3)18-12(17)16-11-6-5-8-14(16,4)9-7-10-15/h5-9,11H2,1-4H3. The highest BCUT2D eigenvalue weighted by Gasteiger charge is 2.39. The van der Waals surface area contributed by atoms with Gasteiger partial charge in [-0.3, -0.25) is 0 Å². The molecule has 0 N–H and O–H groups in total. The van der Waals surface area contributed by atoms with Gasteiger partial charge >= 0.3 is 6.09 Å². The minimum absolute atomic E-state index is 0.226. The molecule has 1 fully saturated rings. The van der Waals surface area contributed by atoms with Crippen LogP contribution in [0.4, 0.5) is 4.79 Å². The largest absolute Gasteiger partial charge is 0.444 e. The fraction of sp³-hybridized carbons (Fsp3) is 0.857. The summed E-state index contributed by atoms with van der Waals surface area (Å²) in [4.78, 5) is 14.0. The molecular formula is C14H24N2O2. The van der Waals surface area contributed by atoms with E-state index in [9.17, 15) is 4.79 Å². The summed E-state index contributed by atoms with van der Waals surface area (Å²) in [7, 11) is 0. The molecule has 4 nitrogen and oxygen atoms in total. The molecule has 1 aliphatic heterocycles. The van der Waals surface area contributed by atoms with Crippen LogP contribution in [0.3, 0.4) is 0 Å². The summed E-state index contributed by atoms with van der Waals surface area (Å²) in [6.45, 7) is 8.43. The van der Waals surface area contributed by atoms with Gasteiger partial charge in [-0.15, -0.1) is 0 Å². The first-order chi connectivity index (χ1) is 8.28. The molecule has 0 saturated carbocycles.